The zero-order valence-electron chi connectivity index (χ0n) is 56.3. The standard InChI is InChI=1S/C48H31N3/c1-2-13-32(14-3-1)33-25-27-34(28-26-33)49-41-19-8-6-17-38(41)40-31-35(29-30-45(40)49)50-44-22-11-7-18-39(44)48-46(50)23-12-24-47(48)51-42-20-9-4-15-36(42)37-16-5-10-21-43(37)51/h1-31H/i1D,2D,3D,4D,5D,6D,7D,8D,9D,10D,11D,12D,13D,14D,15D,16D,17D,18D,19D,20D,21D,22D,23D,24D,25D,26D,27D,28D,29D,30D,31D. The van der Waals surface area contributed by atoms with Gasteiger partial charge in [0, 0.05) is 43.7 Å². The second-order valence-corrected chi connectivity index (χ2v) is 11.0. The van der Waals surface area contributed by atoms with Crippen LogP contribution in [0.25, 0.3) is 93.6 Å². The van der Waals surface area contributed by atoms with E-state index in [1.807, 2.05) is 0 Å². The summed E-state index contributed by atoms with van der Waals surface area (Å²) in [5.41, 5.74) is -8.28. The Bertz CT molecular complexity index is 4800. The highest BCUT2D eigenvalue weighted by Crippen LogP contribution is 2.41. The van der Waals surface area contributed by atoms with Gasteiger partial charge in [0.1, 0.15) is 0 Å². The van der Waals surface area contributed by atoms with Crippen molar-refractivity contribution in [3.05, 3.63) is 187 Å². The quantitative estimate of drug-likeness (QED) is 0.176. The largest absolute Gasteiger partial charge is 0.309 e. The van der Waals surface area contributed by atoms with Crippen molar-refractivity contribution in [2.75, 3.05) is 0 Å². The predicted octanol–water partition coefficient (Wildman–Crippen LogP) is 12.6. The summed E-state index contributed by atoms with van der Waals surface area (Å²) < 4.78 is 283. The summed E-state index contributed by atoms with van der Waals surface area (Å²) in [6, 6.07) is -29.6. The van der Waals surface area contributed by atoms with Crippen LogP contribution in [0, 0.1) is 0 Å². The molecule has 0 aliphatic carbocycles. The molecule has 0 aliphatic heterocycles. The normalized spacial score (nSPS) is 20.4. The maximum Gasteiger partial charge on any atom is 0.0652 e. The van der Waals surface area contributed by atoms with E-state index in [1.165, 1.54) is 0 Å². The van der Waals surface area contributed by atoms with Crippen LogP contribution in [0.5, 0.6) is 0 Å². The van der Waals surface area contributed by atoms with Crippen molar-refractivity contribution in [2.45, 2.75) is 0 Å². The Morgan fingerprint density at radius 1 is 0.294 bits per heavy atom. The molecular weight excluding hydrogens is 619 g/mol. The topological polar surface area (TPSA) is 14.8 Å². The summed E-state index contributed by atoms with van der Waals surface area (Å²) in [5.74, 6) is 0. The number of benzene rings is 8. The van der Waals surface area contributed by atoms with Crippen molar-refractivity contribution in [3.8, 4) is 28.2 Å². The lowest BCUT2D eigenvalue weighted by Crippen LogP contribution is -1.97. The van der Waals surface area contributed by atoms with Gasteiger partial charge in [0.15, 0.2) is 0 Å². The van der Waals surface area contributed by atoms with Crippen molar-refractivity contribution in [3.63, 3.8) is 0 Å². The van der Waals surface area contributed by atoms with Crippen molar-refractivity contribution in [1.82, 2.24) is 13.7 Å². The Balaban J connectivity index is 1.39. The molecule has 3 aromatic heterocycles. The molecular formula is C48H31N3. The average Bonchev–Trinajstić information content (AvgIpc) is 2.45. The number of nitrogens with zero attached hydrogens (tertiary/aromatic N) is 3. The SMILES string of the molecule is [2H]c1c([2H])c([2H])c(-c2c([2H])c([2H])c(-n3c4c([2H])c([2H])c([2H])c([2H])c4c4c([2H])c(-n5c6c([2H])c([2H])c([2H])c([2H])c6c6c(-n7c8c([2H])c([2H])c([2H])c([2H])c8c8c([2H])c([2H])c([2H])c([2H])c87)c([2H])c([2H])c([2H])c65)c([2H])c([2H])c43)c([2H])c2[2H])c([2H])c1[2H]. The lowest BCUT2D eigenvalue weighted by molar-refractivity contribution is 1.16. The Labute approximate surface area is 338 Å². The fourth-order valence-corrected chi connectivity index (χ4v) is 6.35. The summed E-state index contributed by atoms with van der Waals surface area (Å²) in [6.45, 7) is 0. The fraction of sp³-hybridized carbons (Fsp3) is 0. The molecule has 0 fully saturated rings. The highest BCUT2D eigenvalue weighted by Gasteiger charge is 2.20. The molecule has 11 aromatic rings. The zero-order chi connectivity index (χ0) is 60.4. The highest BCUT2D eigenvalue weighted by atomic mass is 15.0. The number of hydrogen-bond donors (Lipinski definition) is 0. The van der Waals surface area contributed by atoms with Crippen LogP contribution in [0.1, 0.15) is 42.5 Å². The number of fused-ring (bicyclic) bond motifs is 9. The van der Waals surface area contributed by atoms with Gasteiger partial charge in [-0.05, 0) is 77.6 Å². The van der Waals surface area contributed by atoms with Crippen LogP contribution >= 0.6 is 0 Å². The van der Waals surface area contributed by atoms with Crippen molar-refractivity contribution in [2.24, 2.45) is 0 Å². The molecule has 8 aromatic carbocycles. The fourth-order valence-electron chi connectivity index (χ4n) is 6.35. The second kappa shape index (κ2) is 10.8. The minimum absolute atomic E-state index is 0.509. The first-order chi connectivity index (χ1) is 38.2. The van der Waals surface area contributed by atoms with Crippen LogP contribution in [0.3, 0.4) is 0 Å². The van der Waals surface area contributed by atoms with Gasteiger partial charge in [0.25, 0.3) is 0 Å². The summed E-state index contributed by atoms with van der Waals surface area (Å²) in [4.78, 5) is 0. The molecule has 11 rings (SSSR count). The van der Waals surface area contributed by atoms with Crippen LogP contribution in [0.2, 0.25) is 0 Å². The minimum Gasteiger partial charge on any atom is -0.309 e. The molecule has 3 heterocycles. The van der Waals surface area contributed by atoms with E-state index < -0.39 is 281 Å². The van der Waals surface area contributed by atoms with E-state index in [9.17, 15) is 21.9 Å². The van der Waals surface area contributed by atoms with Crippen LogP contribution in [0.4, 0.5) is 0 Å². The number of aromatic nitrogens is 3. The molecule has 0 radical (unpaired) electrons. The van der Waals surface area contributed by atoms with Crippen molar-refractivity contribution >= 4 is 65.4 Å². The van der Waals surface area contributed by atoms with Gasteiger partial charge < -0.3 is 13.7 Å². The predicted molar refractivity (Wildman–Crippen MR) is 215 cm³/mol. The Kier molecular flexibility index (Phi) is 2.41. The van der Waals surface area contributed by atoms with E-state index in [1.54, 1.807) is 0 Å². The van der Waals surface area contributed by atoms with E-state index in [4.69, 9.17) is 20.6 Å². The van der Waals surface area contributed by atoms with E-state index in [2.05, 4.69) is 0 Å². The summed E-state index contributed by atoms with van der Waals surface area (Å²) in [6.07, 6.45) is 0. The van der Waals surface area contributed by atoms with Crippen molar-refractivity contribution in [1.29, 1.82) is 0 Å². The molecule has 0 spiro atoms. The maximum absolute atomic E-state index is 10.1. The van der Waals surface area contributed by atoms with Gasteiger partial charge in [0.05, 0.1) is 81.3 Å². The van der Waals surface area contributed by atoms with E-state index in [0.717, 1.165) is 4.57 Å². The van der Waals surface area contributed by atoms with Gasteiger partial charge in [-0.3, -0.25) is 0 Å². The summed E-state index contributed by atoms with van der Waals surface area (Å²) in [5, 5.41) is -3.69. The molecule has 0 bridgehead atoms. The molecule has 0 saturated heterocycles. The smallest absolute Gasteiger partial charge is 0.0652 e. The first-order valence-corrected chi connectivity index (χ1v) is 15.0. The first kappa shape index (κ1) is 11.3. The molecule has 3 heteroatoms. The minimum atomic E-state index is -1.13. The Morgan fingerprint density at radius 2 is 0.745 bits per heavy atom. The van der Waals surface area contributed by atoms with Gasteiger partial charge in [0.2, 0.25) is 0 Å². The Hall–Kier alpha value is -6.84. The zero-order valence-corrected chi connectivity index (χ0v) is 25.3. The number of hydrogen-bond acceptors (Lipinski definition) is 0. The summed E-state index contributed by atoms with van der Waals surface area (Å²) >= 11 is 0. The molecule has 0 atom stereocenters. The lowest BCUT2D eigenvalue weighted by Gasteiger charge is -2.12. The van der Waals surface area contributed by atoms with Crippen LogP contribution in [-0.4, -0.2) is 13.7 Å². The molecule has 3 nitrogen and oxygen atoms in total. The number of rotatable bonds is 4. The van der Waals surface area contributed by atoms with Crippen molar-refractivity contribution < 1.29 is 42.5 Å². The summed E-state index contributed by atoms with van der Waals surface area (Å²) in [7, 11) is 0. The van der Waals surface area contributed by atoms with Crippen LogP contribution in [0.15, 0.2) is 187 Å². The molecule has 0 saturated carbocycles. The molecule has 51 heavy (non-hydrogen) atoms. The monoisotopic (exact) mass is 680 g/mol. The van der Waals surface area contributed by atoms with Gasteiger partial charge in [-0.2, -0.15) is 0 Å². The first-order valence-electron chi connectivity index (χ1n) is 30.5. The molecule has 0 aliphatic rings. The third-order valence-corrected chi connectivity index (χ3v) is 8.41. The van der Waals surface area contributed by atoms with Crippen LogP contribution < -0.4 is 0 Å². The van der Waals surface area contributed by atoms with E-state index in [-0.39, 0.29) is 0 Å². The van der Waals surface area contributed by atoms with Gasteiger partial charge >= 0.3 is 0 Å². The molecule has 0 N–H and O–H groups in total. The number of para-hydroxylation sites is 4. The molecule has 238 valence electrons. The van der Waals surface area contributed by atoms with Gasteiger partial charge in [-0.1, -0.05) is 121 Å². The van der Waals surface area contributed by atoms with E-state index in [0.29, 0.717) is 9.13 Å². The van der Waals surface area contributed by atoms with Crippen LogP contribution in [-0.2, 0) is 0 Å². The highest BCUT2D eigenvalue weighted by molar-refractivity contribution is 6.17. The van der Waals surface area contributed by atoms with E-state index >= 15 is 0 Å². The average molecular weight is 681 g/mol. The third kappa shape index (κ3) is 4.06. The van der Waals surface area contributed by atoms with Gasteiger partial charge in [-0.15, -0.1) is 0 Å². The van der Waals surface area contributed by atoms with Gasteiger partial charge in [-0.25, -0.2) is 0 Å². The Morgan fingerprint density at radius 3 is 1.41 bits per heavy atom. The third-order valence-electron chi connectivity index (χ3n) is 8.41. The molecule has 0 amide bonds. The lowest BCUT2D eigenvalue weighted by atomic mass is 10.1. The second-order valence-electron chi connectivity index (χ2n) is 11.0. The maximum atomic E-state index is 10.1. The molecule has 0 unspecified atom stereocenters.